The number of aryl methyl sites for hydroxylation is 2. The topological polar surface area (TPSA) is 57.9 Å². The van der Waals surface area contributed by atoms with Crippen molar-refractivity contribution in [2.75, 3.05) is 26.2 Å². The van der Waals surface area contributed by atoms with Gasteiger partial charge in [-0.1, -0.05) is 18.2 Å². The van der Waals surface area contributed by atoms with Crippen LogP contribution in [0.3, 0.4) is 0 Å². The van der Waals surface area contributed by atoms with E-state index in [-0.39, 0.29) is 11.5 Å². The van der Waals surface area contributed by atoms with Gasteiger partial charge in [-0.05, 0) is 42.4 Å². The van der Waals surface area contributed by atoms with Crippen LogP contribution in [0.5, 0.6) is 0 Å². The Labute approximate surface area is 179 Å². The SMILES string of the molecule is O=C(Cc1ccc2c(c1)CCCC2)N1CCN(Cc2cc(=O)n3ccsc3n2)CC1. The van der Waals surface area contributed by atoms with E-state index in [9.17, 15) is 9.59 Å². The van der Waals surface area contributed by atoms with Crippen LogP contribution in [0.1, 0.15) is 35.2 Å². The van der Waals surface area contributed by atoms with E-state index in [0.717, 1.165) is 48.8 Å². The number of hydrogen-bond acceptors (Lipinski definition) is 5. The van der Waals surface area contributed by atoms with Gasteiger partial charge in [-0.15, -0.1) is 11.3 Å². The maximum absolute atomic E-state index is 12.8. The molecule has 1 aliphatic carbocycles. The third-order valence-corrected chi connectivity index (χ3v) is 6.99. The van der Waals surface area contributed by atoms with Crippen LogP contribution in [-0.4, -0.2) is 51.3 Å². The third-order valence-electron chi connectivity index (χ3n) is 6.24. The van der Waals surface area contributed by atoms with Crippen molar-refractivity contribution in [2.45, 2.75) is 38.6 Å². The highest BCUT2D eigenvalue weighted by Gasteiger charge is 2.22. The number of nitrogens with zero attached hydrogens (tertiary/aromatic N) is 4. The molecule has 1 aliphatic heterocycles. The fourth-order valence-corrected chi connectivity index (χ4v) is 5.28. The van der Waals surface area contributed by atoms with Gasteiger partial charge in [0.05, 0.1) is 12.1 Å². The number of fused-ring (bicyclic) bond motifs is 2. The Balaban J connectivity index is 1.17. The van der Waals surface area contributed by atoms with Gasteiger partial charge in [-0.3, -0.25) is 18.9 Å². The maximum Gasteiger partial charge on any atom is 0.258 e. The van der Waals surface area contributed by atoms with E-state index in [1.807, 2.05) is 10.3 Å². The molecule has 1 aromatic carbocycles. The summed E-state index contributed by atoms with van der Waals surface area (Å²) in [6.07, 6.45) is 7.10. The second-order valence-corrected chi connectivity index (χ2v) is 9.16. The maximum atomic E-state index is 12.8. The molecule has 2 aromatic heterocycles. The van der Waals surface area contributed by atoms with E-state index < -0.39 is 0 Å². The average Bonchev–Trinajstić information content (AvgIpc) is 3.23. The minimum Gasteiger partial charge on any atom is -0.340 e. The lowest BCUT2D eigenvalue weighted by molar-refractivity contribution is -0.132. The molecule has 0 bridgehead atoms. The monoisotopic (exact) mass is 422 g/mol. The summed E-state index contributed by atoms with van der Waals surface area (Å²) >= 11 is 1.47. The quantitative estimate of drug-likeness (QED) is 0.648. The Bertz CT molecular complexity index is 1130. The summed E-state index contributed by atoms with van der Waals surface area (Å²) in [7, 11) is 0. The van der Waals surface area contributed by atoms with Gasteiger partial charge in [-0.2, -0.15) is 0 Å². The zero-order valence-corrected chi connectivity index (χ0v) is 17.9. The lowest BCUT2D eigenvalue weighted by atomic mass is 9.90. The van der Waals surface area contributed by atoms with Crippen LogP contribution in [0.4, 0.5) is 0 Å². The molecular formula is C23H26N4O2S. The van der Waals surface area contributed by atoms with Crippen molar-refractivity contribution in [3.05, 3.63) is 68.6 Å². The standard InChI is InChI=1S/C23H26N4O2S/c28-21(14-17-5-6-18-3-1-2-4-19(18)13-17)26-9-7-25(8-10-26)16-20-15-22(29)27-11-12-30-23(27)24-20/h5-6,11-13,15H,1-4,7-10,14,16H2. The number of carbonyl (C=O) groups excluding carboxylic acids is 1. The van der Waals surface area contributed by atoms with E-state index in [2.05, 4.69) is 28.1 Å². The summed E-state index contributed by atoms with van der Waals surface area (Å²) in [6, 6.07) is 8.21. The molecule has 6 nitrogen and oxygen atoms in total. The molecule has 2 aliphatic rings. The number of piperazine rings is 1. The van der Waals surface area contributed by atoms with E-state index in [1.165, 1.54) is 41.7 Å². The molecule has 0 saturated carbocycles. The van der Waals surface area contributed by atoms with Crippen molar-refractivity contribution in [3.63, 3.8) is 0 Å². The summed E-state index contributed by atoms with van der Waals surface area (Å²) in [5.74, 6) is 0.210. The number of carbonyl (C=O) groups is 1. The lowest BCUT2D eigenvalue weighted by Crippen LogP contribution is -2.48. The van der Waals surface area contributed by atoms with Crippen LogP contribution in [0, 0.1) is 0 Å². The fourth-order valence-electron chi connectivity index (χ4n) is 4.54. The van der Waals surface area contributed by atoms with Crippen LogP contribution in [-0.2, 0) is 30.6 Å². The molecule has 0 atom stereocenters. The van der Waals surface area contributed by atoms with Crippen LogP contribution in [0.15, 0.2) is 40.6 Å². The molecule has 0 spiro atoms. The molecule has 7 heteroatoms. The van der Waals surface area contributed by atoms with Gasteiger partial charge in [-0.25, -0.2) is 4.98 Å². The van der Waals surface area contributed by atoms with Gasteiger partial charge in [0.1, 0.15) is 0 Å². The van der Waals surface area contributed by atoms with Crippen molar-refractivity contribution < 1.29 is 4.79 Å². The summed E-state index contributed by atoms with van der Waals surface area (Å²) in [5, 5.41) is 1.88. The summed E-state index contributed by atoms with van der Waals surface area (Å²) in [5.41, 5.74) is 4.80. The van der Waals surface area contributed by atoms with E-state index in [0.29, 0.717) is 13.0 Å². The summed E-state index contributed by atoms with van der Waals surface area (Å²) < 4.78 is 1.57. The van der Waals surface area contributed by atoms with Gasteiger partial charge in [0, 0.05) is 50.4 Å². The Morgan fingerprint density at radius 1 is 1.03 bits per heavy atom. The third kappa shape index (κ3) is 4.04. The average molecular weight is 423 g/mol. The first kappa shape index (κ1) is 19.5. The second-order valence-electron chi connectivity index (χ2n) is 8.29. The molecule has 5 rings (SSSR count). The zero-order valence-electron chi connectivity index (χ0n) is 17.0. The largest absolute Gasteiger partial charge is 0.340 e. The Morgan fingerprint density at radius 3 is 2.67 bits per heavy atom. The van der Waals surface area contributed by atoms with Crippen molar-refractivity contribution >= 4 is 22.2 Å². The highest BCUT2D eigenvalue weighted by atomic mass is 32.1. The summed E-state index contributed by atoms with van der Waals surface area (Å²) in [4.78, 5) is 34.6. The molecule has 0 radical (unpaired) electrons. The number of aromatic nitrogens is 2. The van der Waals surface area contributed by atoms with Crippen LogP contribution in [0.2, 0.25) is 0 Å². The Kier molecular flexibility index (Phi) is 5.39. The van der Waals surface area contributed by atoms with Crippen molar-refractivity contribution in [3.8, 4) is 0 Å². The molecule has 0 N–H and O–H groups in total. The van der Waals surface area contributed by atoms with Gasteiger partial charge >= 0.3 is 0 Å². The Morgan fingerprint density at radius 2 is 1.83 bits per heavy atom. The molecule has 3 aromatic rings. The lowest BCUT2D eigenvalue weighted by Gasteiger charge is -2.34. The van der Waals surface area contributed by atoms with E-state index >= 15 is 0 Å². The van der Waals surface area contributed by atoms with Crippen LogP contribution >= 0.6 is 11.3 Å². The minimum absolute atomic E-state index is 0.0323. The molecule has 30 heavy (non-hydrogen) atoms. The van der Waals surface area contributed by atoms with Crippen molar-refractivity contribution in [1.29, 1.82) is 0 Å². The van der Waals surface area contributed by atoms with Crippen molar-refractivity contribution in [1.82, 2.24) is 19.2 Å². The van der Waals surface area contributed by atoms with Gasteiger partial charge < -0.3 is 4.90 Å². The molecule has 0 unspecified atom stereocenters. The number of hydrogen-bond donors (Lipinski definition) is 0. The first-order valence-corrected chi connectivity index (χ1v) is 11.6. The first-order valence-electron chi connectivity index (χ1n) is 10.7. The predicted molar refractivity (Wildman–Crippen MR) is 118 cm³/mol. The van der Waals surface area contributed by atoms with Crippen LogP contribution < -0.4 is 5.56 Å². The zero-order chi connectivity index (χ0) is 20.5. The van der Waals surface area contributed by atoms with Gasteiger partial charge in [0.2, 0.25) is 5.91 Å². The van der Waals surface area contributed by atoms with E-state index in [4.69, 9.17) is 0 Å². The first-order chi connectivity index (χ1) is 14.7. The number of thiazole rings is 1. The molecule has 1 saturated heterocycles. The van der Waals surface area contributed by atoms with E-state index in [1.54, 1.807) is 16.7 Å². The smallest absolute Gasteiger partial charge is 0.258 e. The fraction of sp³-hybridized carbons (Fsp3) is 0.435. The minimum atomic E-state index is -0.0323. The second kappa shape index (κ2) is 8.32. The number of benzene rings is 1. The van der Waals surface area contributed by atoms with Crippen molar-refractivity contribution in [2.24, 2.45) is 0 Å². The highest BCUT2D eigenvalue weighted by molar-refractivity contribution is 7.15. The van der Waals surface area contributed by atoms with Crippen LogP contribution in [0.25, 0.3) is 4.96 Å². The van der Waals surface area contributed by atoms with Gasteiger partial charge in [0.25, 0.3) is 5.56 Å². The number of rotatable bonds is 4. The number of amides is 1. The predicted octanol–water partition coefficient (Wildman–Crippen LogP) is 2.52. The molecule has 156 valence electrons. The molecular weight excluding hydrogens is 396 g/mol. The summed E-state index contributed by atoms with van der Waals surface area (Å²) in [6.45, 7) is 3.72. The van der Waals surface area contributed by atoms with Gasteiger partial charge in [0.15, 0.2) is 4.96 Å². The normalized spacial score (nSPS) is 17.3. The Hall–Kier alpha value is -2.51. The molecule has 1 fully saturated rings. The molecule has 1 amide bonds. The highest BCUT2D eigenvalue weighted by Crippen LogP contribution is 2.22. The molecule has 3 heterocycles.